The van der Waals surface area contributed by atoms with E-state index in [2.05, 4.69) is 47.3 Å². The number of nitrogens with one attached hydrogen (secondary N) is 1. The van der Waals surface area contributed by atoms with Crippen LogP contribution >= 0.6 is 0 Å². The summed E-state index contributed by atoms with van der Waals surface area (Å²) in [7, 11) is 1.83. The van der Waals surface area contributed by atoms with Gasteiger partial charge in [-0.15, -0.1) is 0 Å². The molecule has 0 saturated carbocycles. The molecule has 1 N–H and O–H groups in total. The van der Waals surface area contributed by atoms with Crippen LogP contribution in [0.4, 0.5) is 0 Å². The van der Waals surface area contributed by atoms with Gasteiger partial charge >= 0.3 is 0 Å². The minimum Gasteiger partial charge on any atom is -0.347 e. The van der Waals surface area contributed by atoms with Crippen LogP contribution in [0.15, 0.2) is 30.5 Å². The Morgan fingerprint density at radius 2 is 2.18 bits per heavy atom. The molecular weight excluding hydrogens is 210 g/mol. The van der Waals surface area contributed by atoms with E-state index in [1.165, 1.54) is 16.5 Å². The molecule has 1 heterocycles. The van der Waals surface area contributed by atoms with Crippen LogP contribution in [0.5, 0.6) is 0 Å². The smallest absolute Gasteiger partial charge is 0.0992 e. The maximum absolute atomic E-state index is 9.00. The van der Waals surface area contributed by atoms with Gasteiger partial charge in [0, 0.05) is 30.1 Å². The predicted octanol–water partition coefficient (Wildman–Crippen LogP) is 2.32. The molecular formula is C14H17N3. The van der Waals surface area contributed by atoms with E-state index in [1.54, 1.807) is 0 Å². The Hall–Kier alpha value is -1.79. The lowest BCUT2D eigenvalue weighted by Crippen LogP contribution is -2.25. The van der Waals surface area contributed by atoms with Gasteiger partial charge in [0.05, 0.1) is 12.1 Å². The number of aromatic nitrogens is 1. The Bertz CT molecular complexity index is 548. The highest BCUT2D eigenvalue weighted by atomic mass is 14.9. The van der Waals surface area contributed by atoms with E-state index in [0.29, 0.717) is 0 Å². The van der Waals surface area contributed by atoms with Crippen molar-refractivity contribution in [3.8, 4) is 6.07 Å². The largest absolute Gasteiger partial charge is 0.347 e. The third-order valence-corrected chi connectivity index (χ3v) is 3.14. The summed E-state index contributed by atoms with van der Waals surface area (Å²) in [5.41, 5.74) is 2.49. The molecule has 1 atom stereocenters. The van der Waals surface area contributed by atoms with Crippen molar-refractivity contribution < 1.29 is 0 Å². The van der Waals surface area contributed by atoms with Crippen molar-refractivity contribution in [3.05, 3.63) is 36.0 Å². The minimum atomic E-state index is -0.119. The van der Waals surface area contributed by atoms with Gasteiger partial charge in [-0.25, -0.2) is 0 Å². The molecule has 0 saturated heterocycles. The second-order valence-corrected chi connectivity index (χ2v) is 4.13. The van der Waals surface area contributed by atoms with E-state index < -0.39 is 0 Å². The zero-order valence-corrected chi connectivity index (χ0v) is 10.3. The van der Waals surface area contributed by atoms with Gasteiger partial charge in [0.1, 0.15) is 0 Å². The summed E-state index contributed by atoms with van der Waals surface area (Å²) in [6.07, 6.45) is 2.91. The first-order valence-electron chi connectivity index (χ1n) is 5.93. The van der Waals surface area contributed by atoms with Crippen LogP contribution in [0.2, 0.25) is 0 Å². The van der Waals surface area contributed by atoms with Gasteiger partial charge in [0.15, 0.2) is 0 Å². The Morgan fingerprint density at radius 3 is 2.82 bits per heavy atom. The molecule has 2 rings (SSSR count). The maximum Gasteiger partial charge on any atom is 0.0992 e. The molecule has 0 bridgehead atoms. The molecule has 0 aliphatic rings. The Labute approximate surface area is 102 Å². The van der Waals surface area contributed by atoms with Gasteiger partial charge in [0.25, 0.3) is 0 Å². The van der Waals surface area contributed by atoms with Crippen LogP contribution in [-0.4, -0.2) is 17.7 Å². The summed E-state index contributed by atoms with van der Waals surface area (Å²) in [5, 5.41) is 13.3. The van der Waals surface area contributed by atoms with E-state index in [-0.39, 0.29) is 6.04 Å². The molecule has 1 aromatic heterocycles. The lowest BCUT2D eigenvalue weighted by Gasteiger charge is -2.05. The van der Waals surface area contributed by atoms with Crippen molar-refractivity contribution >= 4 is 10.9 Å². The van der Waals surface area contributed by atoms with Crippen LogP contribution in [-0.2, 0) is 13.0 Å². The number of rotatable bonds is 4. The van der Waals surface area contributed by atoms with Crippen LogP contribution < -0.4 is 5.32 Å². The molecule has 1 aromatic carbocycles. The number of likely N-dealkylation sites (N-methyl/N-ethyl adjacent to an activating group) is 1. The number of hydrogen-bond acceptors (Lipinski definition) is 2. The summed E-state index contributed by atoms with van der Waals surface area (Å²) < 4.78 is 2.23. The summed E-state index contributed by atoms with van der Waals surface area (Å²) in [6, 6.07) is 10.5. The van der Waals surface area contributed by atoms with Crippen molar-refractivity contribution in [3.63, 3.8) is 0 Å². The fraction of sp³-hybridized carbons (Fsp3) is 0.357. The number of para-hydroxylation sites is 1. The Morgan fingerprint density at radius 1 is 1.41 bits per heavy atom. The average molecular weight is 227 g/mol. The van der Waals surface area contributed by atoms with Crippen molar-refractivity contribution in [1.29, 1.82) is 5.26 Å². The molecule has 3 nitrogen and oxygen atoms in total. The topological polar surface area (TPSA) is 40.8 Å². The maximum atomic E-state index is 9.00. The van der Waals surface area contributed by atoms with Gasteiger partial charge in [-0.3, -0.25) is 0 Å². The van der Waals surface area contributed by atoms with E-state index in [0.717, 1.165) is 13.0 Å². The average Bonchev–Trinajstić information content (AvgIpc) is 2.74. The normalized spacial score (nSPS) is 12.5. The molecule has 0 aliphatic carbocycles. The first-order chi connectivity index (χ1) is 8.30. The van der Waals surface area contributed by atoms with E-state index in [9.17, 15) is 0 Å². The lowest BCUT2D eigenvalue weighted by molar-refractivity contribution is 0.674. The zero-order valence-electron chi connectivity index (χ0n) is 10.3. The number of aryl methyl sites for hydroxylation is 1. The second-order valence-electron chi connectivity index (χ2n) is 4.13. The minimum absolute atomic E-state index is 0.119. The number of benzene rings is 1. The molecule has 0 spiro atoms. The summed E-state index contributed by atoms with van der Waals surface area (Å²) in [6.45, 7) is 3.09. The van der Waals surface area contributed by atoms with E-state index in [4.69, 9.17) is 5.26 Å². The standard InChI is InChI=1S/C14H17N3/c1-3-17-10-11(8-12(9-15)16-2)13-6-4-5-7-14(13)17/h4-7,10,12,16H,3,8H2,1-2H3. The van der Waals surface area contributed by atoms with Gasteiger partial charge in [0.2, 0.25) is 0 Å². The predicted molar refractivity (Wildman–Crippen MR) is 69.8 cm³/mol. The van der Waals surface area contributed by atoms with Gasteiger partial charge < -0.3 is 9.88 Å². The van der Waals surface area contributed by atoms with Crippen molar-refractivity contribution in [2.75, 3.05) is 7.05 Å². The molecule has 0 radical (unpaired) electrons. The molecule has 0 aliphatic heterocycles. The first kappa shape index (κ1) is 11.7. The first-order valence-corrected chi connectivity index (χ1v) is 5.93. The van der Waals surface area contributed by atoms with Crippen molar-refractivity contribution in [1.82, 2.24) is 9.88 Å². The van der Waals surface area contributed by atoms with Crippen molar-refractivity contribution in [2.45, 2.75) is 25.9 Å². The number of hydrogen-bond donors (Lipinski definition) is 1. The quantitative estimate of drug-likeness (QED) is 0.870. The molecule has 2 aromatic rings. The summed E-state index contributed by atoms with van der Waals surface area (Å²) >= 11 is 0. The fourth-order valence-electron chi connectivity index (χ4n) is 2.18. The van der Waals surface area contributed by atoms with Gasteiger partial charge in [-0.05, 0) is 25.6 Å². The van der Waals surface area contributed by atoms with Gasteiger partial charge in [-0.1, -0.05) is 18.2 Å². The van der Waals surface area contributed by atoms with Crippen molar-refractivity contribution in [2.24, 2.45) is 0 Å². The van der Waals surface area contributed by atoms with E-state index >= 15 is 0 Å². The molecule has 17 heavy (non-hydrogen) atoms. The Kier molecular flexibility index (Phi) is 3.46. The molecule has 88 valence electrons. The SMILES string of the molecule is CCn1cc(CC(C#N)NC)c2ccccc21. The highest BCUT2D eigenvalue weighted by Gasteiger charge is 2.11. The van der Waals surface area contributed by atoms with Crippen LogP contribution in [0.1, 0.15) is 12.5 Å². The third-order valence-electron chi connectivity index (χ3n) is 3.14. The van der Waals surface area contributed by atoms with E-state index in [1.807, 2.05) is 13.1 Å². The molecule has 0 amide bonds. The number of nitriles is 1. The molecule has 0 fully saturated rings. The number of fused-ring (bicyclic) bond motifs is 1. The Balaban J connectivity index is 2.44. The van der Waals surface area contributed by atoms with Crippen LogP contribution in [0.3, 0.4) is 0 Å². The fourth-order valence-corrected chi connectivity index (χ4v) is 2.18. The number of nitrogens with zero attached hydrogens (tertiary/aromatic N) is 2. The van der Waals surface area contributed by atoms with Crippen LogP contribution in [0.25, 0.3) is 10.9 Å². The summed E-state index contributed by atoms with van der Waals surface area (Å²) in [4.78, 5) is 0. The van der Waals surface area contributed by atoms with Crippen LogP contribution in [0, 0.1) is 11.3 Å². The highest BCUT2D eigenvalue weighted by molar-refractivity contribution is 5.84. The molecule has 3 heteroatoms. The third kappa shape index (κ3) is 2.17. The second kappa shape index (κ2) is 5.03. The summed E-state index contributed by atoms with van der Waals surface area (Å²) in [5.74, 6) is 0. The zero-order chi connectivity index (χ0) is 12.3. The molecule has 1 unspecified atom stereocenters. The monoisotopic (exact) mass is 227 g/mol. The van der Waals surface area contributed by atoms with Gasteiger partial charge in [-0.2, -0.15) is 5.26 Å². The lowest BCUT2D eigenvalue weighted by atomic mass is 10.1. The highest BCUT2D eigenvalue weighted by Crippen LogP contribution is 2.22.